The third kappa shape index (κ3) is 4.46. The average molecular weight is 486 g/mol. The van der Waals surface area contributed by atoms with E-state index in [9.17, 15) is 18.0 Å². The van der Waals surface area contributed by atoms with E-state index in [1.807, 2.05) is 23.1 Å². The Kier molecular flexibility index (Phi) is 5.62. The highest BCUT2D eigenvalue weighted by atomic mass is 19.4. The molecule has 4 aliphatic rings. The van der Waals surface area contributed by atoms with Crippen LogP contribution in [0, 0.1) is 17.8 Å². The number of piperidine rings is 1. The number of anilines is 4. The Bertz CT molecular complexity index is 1100. The lowest BCUT2D eigenvalue weighted by atomic mass is 9.77. The van der Waals surface area contributed by atoms with Crippen molar-refractivity contribution in [3.05, 3.63) is 42.1 Å². The number of amides is 1. The van der Waals surface area contributed by atoms with E-state index < -0.39 is 12.7 Å². The molecular formula is C26H30F3N5O. The molecule has 4 heterocycles. The third-order valence-corrected chi connectivity index (χ3v) is 8.20. The summed E-state index contributed by atoms with van der Waals surface area (Å²) in [5.41, 5.74) is 3.70. The molecule has 0 bridgehead atoms. The van der Waals surface area contributed by atoms with Gasteiger partial charge in [0.15, 0.2) is 0 Å². The van der Waals surface area contributed by atoms with Crippen molar-refractivity contribution in [2.45, 2.75) is 38.4 Å². The van der Waals surface area contributed by atoms with Crippen molar-refractivity contribution >= 4 is 28.8 Å². The van der Waals surface area contributed by atoms with Gasteiger partial charge in [0.1, 0.15) is 5.82 Å². The van der Waals surface area contributed by atoms with Crippen LogP contribution in [-0.2, 0) is 11.3 Å². The van der Waals surface area contributed by atoms with Crippen LogP contribution in [0.2, 0.25) is 0 Å². The number of carbonyl (C=O) groups excluding carboxylic acids is 1. The number of alkyl halides is 3. The predicted octanol–water partition coefficient (Wildman–Crippen LogP) is 4.79. The number of fused-ring (bicyclic) bond motifs is 3. The Balaban J connectivity index is 1.27. The summed E-state index contributed by atoms with van der Waals surface area (Å²) < 4.78 is 38.5. The maximum Gasteiger partial charge on any atom is 0.401 e. The number of rotatable bonds is 3. The van der Waals surface area contributed by atoms with Gasteiger partial charge in [0.25, 0.3) is 0 Å². The zero-order valence-electron chi connectivity index (χ0n) is 19.6. The minimum Gasteiger partial charge on any atom is -0.371 e. The Morgan fingerprint density at radius 1 is 1.06 bits per heavy atom. The lowest BCUT2D eigenvalue weighted by Gasteiger charge is -2.34. The fourth-order valence-electron chi connectivity index (χ4n) is 6.09. The van der Waals surface area contributed by atoms with Gasteiger partial charge in [-0.25, -0.2) is 4.98 Å². The Labute approximate surface area is 203 Å². The van der Waals surface area contributed by atoms with E-state index in [1.54, 1.807) is 6.20 Å². The third-order valence-electron chi connectivity index (χ3n) is 8.20. The summed E-state index contributed by atoms with van der Waals surface area (Å²) in [6.45, 7) is 2.16. The van der Waals surface area contributed by atoms with E-state index >= 15 is 0 Å². The van der Waals surface area contributed by atoms with Gasteiger partial charge in [0.2, 0.25) is 5.91 Å². The molecule has 6 nitrogen and oxygen atoms in total. The van der Waals surface area contributed by atoms with Crippen LogP contribution in [0.25, 0.3) is 0 Å². The highest BCUT2D eigenvalue weighted by Gasteiger charge is 2.40. The highest BCUT2D eigenvalue weighted by molar-refractivity contribution is 6.00. The van der Waals surface area contributed by atoms with Gasteiger partial charge in [-0.15, -0.1) is 0 Å². The van der Waals surface area contributed by atoms with Gasteiger partial charge in [0, 0.05) is 36.5 Å². The number of hydrogen-bond donors (Lipinski definition) is 1. The Morgan fingerprint density at radius 2 is 1.80 bits per heavy atom. The quantitative estimate of drug-likeness (QED) is 0.678. The topological polar surface area (TPSA) is 51.7 Å². The molecule has 1 amide bonds. The summed E-state index contributed by atoms with van der Waals surface area (Å²) in [5, 5.41) is 3.41. The van der Waals surface area contributed by atoms with E-state index in [1.165, 1.54) is 17.7 Å². The molecule has 186 valence electrons. The van der Waals surface area contributed by atoms with Crippen LogP contribution in [-0.4, -0.2) is 54.7 Å². The van der Waals surface area contributed by atoms with Crippen LogP contribution in [0.4, 0.5) is 36.1 Å². The van der Waals surface area contributed by atoms with Crippen molar-refractivity contribution in [3.8, 4) is 0 Å². The Hall–Kier alpha value is -2.81. The molecule has 0 unspecified atom stereocenters. The molecule has 0 radical (unpaired) electrons. The number of pyridine rings is 1. The Morgan fingerprint density at radius 3 is 2.49 bits per heavy atom. The van der Waals surface area contributed by atoms with E-state index in [0.717, 1.165) is 53.4 Å². The second kappa shape index (κ2) is 8.69. The van der Waals surface area contributed by atoms with Gasteiger partial charge in [-0.05, 0) is 74.9 Å². The lowest BCUT2D eigenvalue weighted by molar-refractivity contribution is -0.149. The molecule has 2 atom stereocenters. The maximum absolute atomic E-state index is 13.8. The second-order valence-electron chi connectivity index (χ2n) is 10.4. The van der Waals surface area contributed by atoms with Crippen molar-refractivity contribution in [1.29, 1.82) is 0 Å². The number of aromatic nitrogens is 1. The minimum atomic E-state index is -4.21. The largest absolute Gasteiger partial charge is 0.401 e. The lowest BCUT2D eigenvalue weighted by Crippen LogP contribution is -2.45. The van der Waals surface area contributed by atoms with Crippen molar-refractivity contribution in [2.75, 3.05) is 47.8 Å². The second-order valence-corrected chi connectivity index (χ2v) is 10.4. The van der Waals surface area contributed by atoms with Gasteiger partial charge in [-0.3, -0.25) is 9.69 Å². The first-order chi connectivity index (χ1) is 16.8. The number of halogens is 3. The number of carbonyl (C=O) groups is 1. The number of nitrogens with one attached hydrogen (secondary N) is 1. The summed E-state index contributed by atoms with van der Waals surface area (Å²) in [5.74, 6) is 1.97. The van der Waals surface area contributed by atoms with E-state index in [-0.39, 0.29) is 24.9 Å². The summed E-state index contributed by atoms with van der Waals surface area (Å²) in [7, 11) is 0. The number of likely N-dealkylation sites (tertiary alicyclic amines) is 1. The highest BCUT2D eigenvalue weighted by Crippen LogP contribution is 2.44. The van der Waals surface area contributed by atoms with Gasteiger partial charge in [-0.2, -0.15) is 13.2 Å². The number of nitrogens with zero attached hydrogens (tertiary/aromatic N) is 4. The standard InChI is InChI=1S/C26H30F3N5O/c27-26(28,29)16-32-10-7-17(8-11-32)25(35)34-15-20-2-1-9-30-24(20)31-22-6-5-21(12-23(22)34)33-13-18-3-4-19(18)14-33/h1-2,5-6,9,12,17-19H,3-4,7-8,10-11,13-16H2,(H,30,31)/t18-,19-/m0/s1. The van der Waals surface area contributed by atoms with Gasteiger partial charge >= 0.3 is 6.18 Å². The zero-order valence-corrected chi connectivity index (χ0v) is 19.6. The van der Waals surface area contributed by atoms with Crippen LogP contribution < -0.4 is 15.1 Å². The van der Waals surface area contributed by atoms with Crippen LogP contribution in [0.3, 0.4) is 0 Å². The normalized spacial score (nSPS) is 24.7. The van der Waals surface area contributed by atoms with Gasteiger partial charge in [0.05, 0.1) is 24.5 Å². The summed E-state index contributed by atoms with van der Waals surface area (Å²) in [4.78, 5) is 24.0. The average Bonchev–Trinajstić information content (AvgIpc) is 3.01. The van der Waals surface area contributed by atoms with E-state index in [0.29, 0.717) is 19.4 Å². The molecule has 1 aromatic carbocycles. The van der Waals surface area contributed by atoms with Crippen molar-refractivity contribution < 1.29 is 18.0 Å². The molecule has 2 saturated heterocycles. The van der Waals surface area contributed by atoms with Crippen LogP contribution in [0.5, 0.6) is 0 Å². The number of benzene rings is 1. The smallest absolute Gasteiger partial charge is 0.371 e. The molecule has 1 aliphatic carbocycles. The van der Waals surface area contributed by atoms with Crippen LogP contribution in [0.1, 0.15) is 31.2 Å². The predicted molar refractivity (Wildman–Crippen MR) is 129 cm³/mol. The van der Waals surface area contributed by atoms with Gasteiger partial charge in [-0.1, -0.05) is 6.07 Å². The molecule has 2 aromatic rings. The molecule has 6 rings (SSSR count). The first-order valence-corrected chi connectivity index (χ1v) is 12.5. The molecule has 1 aromatic heterocycles. The van der Waals surface area contributed by atoms with Crippen molar-refractivity contribution in [2.24, 2.45) is 17.8 Å². The molecule has 35 heavy (non-hydrogen) atoms. The monoisotopic (exact) mass is 485 g/mol. The first-order valence-electron chi connectivity index (χ1n) is 12.5. The van der Waals surface area contributed by atoms with Crippen molar-refractivity contribution in [3.63, 3.8) is 0 Å². The molecule has 1 saturated carbocycles. The van der Waals surface area contributed by atoms with Crippen LogP contribution >= 0.6 is 0 Å². The van der Waals surface area contributed by atoms with E-state index in [4.69, 9.17) is 0 Å². The van der Waals surface area contributed by atoms with Crippen molar-refractivity contribution in [1.82, 2.24) is 9.88 Å². The summed E-state index contributed by atoms with van der Waals surface area (Å²) in [6.07, 6.45) is 0.979. The molecule has 0 spiro atoms. The maximum atomic E-state index is 13.8. The summed E-state index contributed by atoms with van der Waals surface area (Å²) >= 11 is 0. The molecule has 3 aliphatic heterocycles. The zero-order chi connectivity index (χ0) is 24.2. The molecule has 1 N–H and O–H groups in total. The molecular weight excluding hydrogens is 455 g/mol. The summed E-state index contributed by atoms with van der Waals surface area (Å²) in [6, 6.07) is 10.1. The van der Waals surface area contributed by atoms with Crippen LogP contribution in [0.15, 0.2) is 36.5 Å². The van der Waals surface area contributed by atoms with E-state index in [2.05, 4.69) is 27.3 Å². The molecule has 3 fully saturated rings. The van der Waals surface area contributed by atoms with Gasteiger partial charge < -0.3 is 15.1 Å². The number of hydrogen-bond acceptors (Lipinski definition) is 5. The fraction of sp³-hybridized carbons (Fsp3) is 0.538. The molecule has 9 heteroatoms. The first kappa shape index (κ1) is 22.6. The fourth-order valence-corrected chi connectivity index (χ4v) is 6.09. The minimum absolute atomic E-state index is 0.0185. The SMILES string of the molecule is O=C(C1CCN(CC(F)(F)F)CC1)N1Cc2cccnc2Nc2ccc(N3C[C@@H]4CC[C@H]4C3)cc21.